The largest absolute Gasteiger partial charge is 0.340 e. The highest BCUT2D eigenvalue weighted by Gasteiger charge is 2.21. The summed E-state index contributed by atoms with van der Waals surface area (Å²) in [4.78, 5) is 20.8. The number of amides is 1. The van der Waals surface area contributed by atoms with Crippen LogP contribution in [0.25, 0.3) is 0 Å². The minimum absolute atomic E-state index is 0.215. The number of pyridine rings is 1. The standard InChI is InChI=1S/C18H20BrN3O/c19-17-3-1-2-16(12-17)13-18(23)22-10-8-21(9-11-22)14-15-4-6-20-7-5-15/h1-7,12H,8-11,13-14H2. The summed E-state index contributed by atoms with van der Waals surface area (Å²) in [5.74, 6) is 0.215. The molecule has 0 N–H and O–H groups in total. The van der Waals surface area contributed by atoms with Crippen LogP contribution >= 0.6 is 15.9 Å². The minimum Gasteiger partial charge on any atom is -0.340 e. The van der Waals surface area contributed by atoms with Crippen LogP contribution in [0.3, 0.4) is 0 Å². The summed E-state index contributed by atoms with van der Waals surface area (Å²) in [6, 6.07) is 12.1. The van der Waals surface area contributed by atoms with Gasteiger partial charge in [0.15, 0.2) is 0 Å². The molecule has 120 valence electrons. The molecule has 0 radical (unpaired) electrons. The van der Waals surface area contributed by atoms with E-state index in [9.17, 15) is 4.79 Å². The van der Waals surface area contributed by atoms with Gasteiger partial charge >= 0.3 is 0 Å². The van der Waals surface area contributed by atoms with Crippen molar-refractivity contribution < 1.29 is 4.79 Å². The van der Waals surface area contributed by atoms with Gasteiger partial charge in [-0.15, -0.1) is 0 Å². The van der Waals surface area contributed by atoms with E-state index in [0.29, 0.717) is 6.42 Å². The van der Waals surface area contributed by atoms with Crippen molar-refractivity contribution >= 4 is 21.8 Å². The monoisotopic (exact) mass is 373 g/mol. The third kappa shape index (κ3) is 4.62. The molecule has 2 aromatic rings. The lowest BCUT2D eigenvalue weighted by molar-refractivity contribution is -0.132. The molecule has 0 spiro atoms. The van der Waals surface area contributed by atoms with E-state index in [1.54, 1.807) is 0 Å². The van der Waals surface area contributed by atoms with Crippen LogP contribution in [-0.4, -0.2) is 46.9 Å². The van der Waals surface area contributed by atoms with Crippen molar-refractivity contribution in [3.8, 4) is 0 Å². The fourth-order valence-corrected chi connectivity index (χ4v) is 3.28. The van der Waals surface area contributed by atoms with Crippen LogP contribution in [-0.2, 0) is 17.8 Å². The Morgan fingerprint density at radius 3 is 2.48 bits per heavy atom. The van der Waals surface area contributed by atoms with Crippen LogP contribution in [0.15, 0.2) is 53.3 Å². The Kier molecular flexibility index (Phi) is 5.41. The molecule has 1 fully saturated rings. The van der Waals surface area contributed by atoms with Crippen molar-refractivity contribution in [2.45, 2.75) is 13.0 Å². The summed E-state index contributed by atoms with van der Waals surface area (Å²) in [5, 5.41) is 0. The second kappa shape index (κ2) is 7.70. The lowest BCUT2D eigenvalue weighted by Crippen LogP contribution is -2.48. The SMILES string of the molecule is O=C(Cc1cccc(Br)c1)N1CCN(Cc2ccncc2)CC1. The first-order chi connectivity index (χ1) is 11.2. The number of halogens is 1. The summed E-state index contributed by atoms with van der Waals surface area (Å²) in [6.07, 6.45) is 4.13. The first-order valence-corrected chi connectivity index (χ1v) is 8.63. The first-order valence-electron chi connectivity index (χ1n) is 7.84. The first kappa shape index (κ1) is 16.1. The molecule has 1 aliphatic heterocycles. The molecule has 1 saturated heterocycles. The van der Waals surface area contributed by atoms with Gasteiger partial charge in [-0.1, -0.05) is 28.1 Å². The lowest BCUT2D eigenvalue weighted by Gasteiger charge is -2.34. The molecule has 0 unspecified atom stereocenters. The molecule has 3 rings (SSSR count). The third-order valence-corrected chi connectivity index (χ3v) is 4.62. The third-order valence-electron chi connectivity index (χ3n) is 4.12. The molecule has 4 nitrogen and oxygen atoms in total. The van der Waals surface area contributed by atoms with Gasteiger partial charge in [0.25, 0.3) is 0 Å². The van der Waals surface area contributed by atoms with Crippen molar-refractivity contribution in [3.63, 3.8) is 0 Å². The van der Waals surface area contributed by atoms with Crippen LogP contribution in [0.4, 0.5) is 0 Å². The van der Waals surface area contributed by atoms with Gasteiger partial charge in [-0.25, -0.2) is 0 Å². The number of aromatic nitrogens is 1. The van der Waals surface area contributed by atoms with Crippen LogP contribution in [0.2, 0.25) is 0 Å². The Morgan fingerprint density at radius 2 is 1.78 bits per heavy atom. The maximum Gasteiger partial charge on any atom is 0.227 e. The van der Waals surface area contributed by atoms with Crippen LogP contribution in [0.5, 0.6) is 0 Å². The Morgan fingerprint density at radius 1 is 1.04 bits per heavy atom. The van der Waals surface area contributed by atoms with Gasteiger partial charge in [0.2, 0.25) is 5.91 Å². The summed E-state index contributed by atoms with van der Waals surface area (Å²) >= 11 is 3.45. The van der Waals surface area contributed by atoms with Crippen molar-refractivity contribution in [1.29, 1.82) is 0 Å². The Bertz CT molecular complexity index is 654. The number of hydrogen-bond donors (Lipinski definition) is 0. The van der Waals surface area contributed by atoms with Gasteiger partial charge in [-0.05, 0) is 35.4 Å². The zero-order chi connectivity index (χ0) is 16.1. The van der Waals surface area contributed by atoms with E-state index in [1.807, 2.05) is 53.7 Å². The van der Waals surface area contributed by atoms with Gasteiger partial charge in [0, 0.05) is 49.6 Å². The van der Waals surface area contributed by atoms with E-state index >= 15 is 0 Å². The van der Waals surface area contributed by atoms with Crippen LogP contribution in [0, 0.1) is 0 Å². The van der Waals surface area contributed by atoms with Gasteiger partial charge in [-0.3, -0.25) is 14.7 Å². The predicted octanol–water partition coefficient (Wildman–Crippen LogP) is 2.73. The van der Waals surface area contributed by atoms with Crippen LogP contribution < -0.4 is 0 Å². The molecule has 1 aliphatic rings. The van der Waals surface area contributed by atoms with E-state index < -0.39 is 0 Å². The minimum atomic E-state index is 0.215. The fourth-order valence-electron chi connectivity index (χ4n) is 2.84. The van der Waals surface area contributed by atoms with Crippen LogP contribution in [0.1, 0.15) is 11.1 Å². The molecule has 0 aliphatic carbocycles. The highest BCUT2D eigenvalue weighted by Crippen LogP contribution is 2.14. The van der Waals surface area contributed by atoms with Gasteiger partial charge in [0.1, 0.15) is 0 Å². The van der Waals surface area contributed by atoms with Crippen molar-refractivity contribution in [1.82, 2.24) is 14.8 Å². The maximum absolute atomic E-state index is 12.4. The quantitative estimate of drug-likeness (QED) is 0.826. The second-order valence-electron chi connectivity index (χ2n) is 5.82. The van der Waals surface area contributed by atoms with Gasteiger partial charge in [-0.2, -0.15) is 0 Å². The molecule has 2 heterocycles. The van der Waals surface area contributed by atoms with E-state index in [4.69, 9.17) is 0 Å². The molecule has 1 aromatic heterocycles. The fraction of sp³-hybridized carbons (Fsp3) is 0.333. The lowest BCUT2D eigenvalue weighted by atomic mass is 10.1. The molecule has 1 aromatic carbocycles. The normalized spacial score (nSPS) is 15.6. The smallest absolute Gasteiger partial charge is 0.227 e. The van der Waals surface area contributed by atoms with Gasteiger partial charge < -0.3 is 4.90 Å². The topological polar surface area (TPSA) is 36.4 Å². The highest BCUT2D eigenvalue weighted by atomic mass is 79.9. The van der Waals surface area contributed by atoms with E-state index in [1.165, 1.54) is 5.56 Å². The van der Waals surface area contributed by atoms with E-state index in [2.05, 4.69) is 25.8 Å². The molecule has 23 heavy (non-hydrogen) atoms. The molecule has 0 atom stereocenters. The average molecular weight is 374 g/mol. The average Bonchev–Trinajstić information content (AvgIpc) is 2.56. The number of benzene rings is 1. The number of hydrogen-bond acceptors (Lipinski definition) is 3. The van der Waals surface area contributed by atoms with Crippen molar-refractivity contribution in [3.05, 3.63) is 64.4 Å². The summed E-state index contributed by atoms with van der Waals surface area (Å²) in [5.41, 5.74) is 2.33. The Balaban J connectivity index is 1.49. The van der Waals surface area contributed by atoms with E-state index in [-0.39, 0.29) is 5.91 Å². The maximum atomic E-state index is 12.4. The summed E-state index contributed by atoms with van der Waals surface area (Å²) in [6.45, 7) is 4.38. The predicted molar refractivity (Wildman–Crippen MR) is 93.9 cm³/mol. The summed E-state index contributed by atoms with van der Waals surface area (Å²) in [7, 11) is 0. The van der Waals surface area contributed by atoms with Gasteiger partial charge in [0.05, 0.1) is 6.42 Å². The highest BCUT2D eigenvalue weighted by molar-refractivity contribution is 9.10. The molecule has 1 amide bonds. The Hall–Kier alpha value is -1.72. The number of carbonyl (C=O) groups is 1. The summed E-state index contributed by atoms with van der Waals surface area (Å²) < 4.78 is 1.02. The Labute approximate surface area is 145 Å². The molecular weight excluding hydrogens is 354 g/mol. The van der Waals surface area contributed by atoms with E-state index in [0.717, 1.165) is 42.8 Å². The van der Waals surface area contributed by atoms with Crippen molar-refractivity contribution in [2.24, 2.45) is 0 Å². The second-order valence-corrected chi connectivity index (χ2v) is 6.73. The number of carbonyl (C=O) groups excluding carboxylic acids is 1. The molecule has 0 bridgehead atoms. The number of rotatable bonds is 4. The molecular formula is C18H20BrN3O. The molecule has 0 saturated carbocycles. The number of piperazine rings is 1. The molecule has 5 heteroatoms. The zero-order valence-corrected chi connectivity index (χ0v) is 14.6. The number of nitrogens with zero attached hydrogens (tertiary/aromatic N) is 3. The van der Waals surface area contributed by atoms with Crippen molar-refractivity contribution in [2.75, 3.05) is 26.2 Å². The zero-order valence-electron chi connectivity index (χ0n) is 13.0.